The van der Waals surface area contributed by atoms with Gasteiger partial charge < -0.3 is 10.6 Å². The van der Waals surface area contributed by atoms with Crippen LogP contribution in [0, 0.1) is 0 Å². The van der Waals surface area contributed by atoms with E-state index in [1.807, 2.05) is 11.3 Å². The Morgan fingerprint density at radius 2 is 1.44 bits per heavy atom. The molecule has 0 saturated carbocycles. The molecule has 0 spiro atoms. The summed E-state index contributed by atoms with van der Waals surface area (Å²) in [5.74, 6) is 1.16. The number of allylic oxidation sites excluding steroid dienone is 2. The molecule has 1 aliphatic heterocycles. The van der Waals surface area contributed by atoms with E-state index in [1.165, 1.54) is 86.4 Å². The minimum atomic E-state index is -0.0726. The summed E-state index contributed by atoms with van der Waals surface area (Å²) in [6.07, 6.45) is 8.85. The Morgan fingerprint density at radius 1 is 0.667 bits per heavy atom. The zero-order chi connectivity index (χ0) is 29.6. The third-order valence-electron chi connectivity index (χ3n) is 10.7. The second kappa shape index (κ2) is 8.15. The number of rotatable bonds is 1. The molecule has 2 unspecified atom stereocenters. The minimum Gasteiger partial charge on any atom is -0.373 e. The van der Waals surface area contributed by atoms with E-state index in [9.17, 15) is 0 Å². The number of fused-ring (bicyclic) bond motifs is 14. The molecule has 4 heteroatoms. The van der Waals surface area contributed by atoms with Crippen LogP contribution < -0.4 is 10.6 Å². The fourth-order valence-corrected chi connectivity index (χ4v) is 9.99. The molecule has 0 amide bonds. The lowest BCUT2D eigenvalue weighted by atomic mass is 9.79. The van der Waals surface area contributed by atoms with Crippen LogP contribution in [-0.2, 0) is 5.41 Å². The molecule has 0 bridgehead atoms. The van der Waals surface area contributed by atoms with Gasteiger partial charge in [0.2, 0.25) is 0 Å². The molecule has 214 valence electrons. The summed E-state index contributed by atoms with van der Waals surface area (Å²) in [5, 5.41) is 14.5. The van der Waals surface area contributed by atoms with Crippen LogP contribution in [0.3, 0.4) is 0 Å². The van der Waals surface area contributed by atoms with Crippen LogP contribution in [-0.4, -0.2) is 16.5 Å². The molecule has 3 aliphatic rings. The highest BCUT2D eigenvalue weighted by Gasteiger charge is 2.38. The Bertz CT molecular complexity index is 2650. The summed E-state index contributed by atoms with van der Waals surface area (Å²) in [6, 6.07) is 34.8. The Hall–Kier alpha value is -5.06. The molecular weight excluding hydrogens is 567 g/mol. The Kier molecular flexibility index (Phi) is 4.40. The van der Waals surface area contributed by atoms with Gasteiger partial charge in [0.1, 0.15) is 5.82 Å². The van der Waals surface area contributed by atoms with E-state index in [2.05, 4.69) is 144 Å². The molecule has 2 N–H and O–H groups in total. The van der Waals surface area contributed by atoms with E-state index in [1.54, 1.807) is 0 Å². The maximum absolute atomic E-state index is 3.93. The highest BCUT2D eigenvalue weighted by Crippen LogP contribution is 2.54. The van der Waals surface area contributed by atoms with Crippen molar-refractivity contribution < 1.29 is 0 Å². The van der Waals surface area contributed by atoms with E-state index >= 15 is 0 Å². The van der Waals surface area contributed by atoms with Crippen molar-refractivity contribution in [1.82, 2.24) is 4.40 Å². The molecule has 11 rings (SSSR count). The predicted molar refractivity (Wildman–Crippen MR) is 193 cm³/mol. The van der Waals surface area contributed by atoms with Crippen LogP contribution in [0.5, 0.6) is 0 Å². The molecule has 45 heavy (non-hydrogen) atoms. The van der Waals surface area contributed by atoms with E-state index in [-0.39, 0.29) is 17.5 Å². The van der Waals surface area contributed by atoms with Crippen molar-refractivity contribution in [2.75, 3.05) is 10.6 Å². The number of hydrogen-bond acceptors (Lipinski definition) is 3. The molecule has 8 aromatic rings. The van der Waals surface area contributed by atoms with E-state index in [0.29, 0.717) is 0 Å². The van der Waals surface area contributed by atoms with Crippen molar-refractivity contribution in [3.63, 3.8) is 0 Å². The first kappa shape index (κ1) is 24.3. The quantitative estimate of drug-likeness (QED) is 0.198. The molecule has 4 heterocycles. The number of hydrogen-bond donors (Lipinski definition) is 2. The van der Waals surface area contributed by atoms with Gasteiger partial charge >= 0.3 is 0 Å². The minimum absolute atomic E-state index is 0.0726. The second-order valence-corrected chi connectivity index (χ2v) is 14.5. The van der Waals surface area contributed by atoms with E-state index in [4.69, 9.17) is 0 Å². The van der Waals surface area contributed by atoms with Crippen molar-refractivity contribution in [2.45, 2.75) is 31.3 Å². The van der Waals surface area contributed by atoms with Gasteiger partial charge in [-0.3, -0.25) is 4.40 Å². The van der Waals surface area contributed by atoms with Crippen LogP contribution >= 0.6 is 11.3 Å². The van der Waals surface area contributed by atoms with Crippen LogP contribution in [0.1, 0.15) is 25.0 Å². The van der Waals surface area contributed by atoms with Gasteiger partial charge in [-0.2, -0.15) is 0 Å². The number of aromatic nitrogens is 1. The first-order valence-corrected chi connectivity index (χ1v) is 16.7. The summed E-state index contributed by atoms with van der Waals surface area (Å²) >= 11 is 1.91. The molecular formula is C41H29N3S. The second-order valence-electron chi connectivity index (χ2n) is 13.4. The Balaban J connectivity index is 1.26. The van der Waals surface area contributed by atoms with Crippen molar-refractivity contribution in [3.8, 4) is 22.3 Å². The van der Waals surface area contributed by atoms with Gasteiger partial charge in [0, 0.05) is 41.7 Å². The van der Waals surface area contributed by atoms with Gasteiger partial charge in [-0.05, 0) is 57.6 Å². The van der Waals surface area contributed by atoms with Crippen molar-refractivity contribution in [2.24, 2.45) is 0 Å². The first-order chi connectivity index (χ1) is 22.1. The average Bonchev–Trinajstić information content (AvgIpc) is 3.77. The summed E-state index contributed by atoms with van der Waals surface area (Å²) in [4.78, 5) is 0. The number of nitrogens with zero attached hydrogens (tertiary/aromatic N) is 1. The highest BCUT2D eigenvalue weighted by atomic mass is 32.1. The molecule has 3 nitrogen and oxygen atoms in total. The van der Waals surface area contributed by atoms with Crippen LogP contribution in [0.15, 0.2) is 115 Å². The van der Waals surface area contributed by atoms with Crippen LogP contribution in [0.2, 0.25) is 0 Å². The van der Waals surface area contributed by atoms with Crippen LogP contribution in [0.4, 0.5) is 11.5 Å². The molecule has 0 saturated heterocycles. The number of nitrogens with one attached hydrogen (secondary N) is 2. The largest absolute Gasteiger partial charge is 0.373 e. The lowest BCUT2D eigenvalue weighted by Crippen LogP contribution is -2.41. The fourth-order valence-electron chi connectivity index (χ4n) is 8.83. The smallest absolute Gasteiger partial charge is 0.136 e. The molecule has 2 aliphatic carbocycles. The number of thiophene rings is 1. The zero-order valence-corrected chi connectivity index (χ0v) is 25.8. The molecule has 0 fully saturated rings. The lowest BCUT2D eigenvalue weighted by molar-refractivity contribution is 0.662. The lowest BCUT2D eigenvalue weighted by Gasteiger charge is -2.33. The zero-order valence-electron chi connectivity index (χ0n) is 25.0. The first-order valence-electron chi connectivity index (χ1n) is 15.9. The van der Waals surface area contributed by atoms with E-state index < -0.39 is 0 Å². The SMILES string of the molecule is CC1(C)c2ccccc2-c2cccc(-c3ccc4c(c3)c3c5c(cc6c7c(n4c63)NC3C=CC=CC3N7)sc3ccccc35)c21. The average molecular weight is 596 g/mol. The summed E-state index contributed by atoms with van der Waals surface area (Å²) in [6.45, 7) is 4.77. The topological polar surface area (TPSA) is 28.5 Å². The van der Waals surface area contributed by atoms with Crippen molar-refractivity contribution in [1.29, 1.82) is 0 Å². The highest BCUT2D eigenvalue weighted by molar-refractivity contribution is 7.26. The normalized spacial score (nSPS) is 19.2. The van der Waals surface area contributed by atoms with Crippen LogP contribution in [0.25, 0.3) is 69.6 Å². The molecule has 3 aromatic heterocycles. The van der Waals surface area contributed by atoms with Gasteiger partial charge in [-0.1, -0.05) is 105 Å². The van der Waals surface area contributed by atoms with Gasteiger partial charge in [-0.25, -0.2) is 0 Å². The van der Waals surface area contributed by atoms with Gasteiger partial charge in [0.15, 0.2) is 0 Å². The number of anilines is 2. The fraction of sp³-hybridized carbons (Fsp3) is 0.122. The van der Waals surface area contributed by atoms with E-state index in [0.717, 1.165) is 5.82 Å². The van der Waals surface area contributed by atoms with Crippen molar-refractivity contribution in [3.05, 3.63) is 126 Å². The molecule has 5 aromatic carbocycles. The standard InChI is InChI=1S/C41H29N3S/c1-41(2)29-14-5-3-10-24(29)25-13-9-12-23(37(25)41)22-18-19-32-27(20-22)36-35-26-11-4-8-17-33(26)45-34(35)21-28-38-40(44(32)39(28)36)43-31-16-7-6-15-30(31)42-38/h3-21,30-31,42-43H,1-2H3. The third-order valence-corrected chi connectivity index (χ3v) is 11.9. The molecule has 0 radical (unpaired) electrons. The number of benzene rings is 5. The summed E-state index contributed by atoms with van der Waals surface area (Å²) in [7, 11) is 0. The van der Waals surface area contributed by atoms with Gasteiger partial charge in [0.05, 0.1) is 28.8 Å². The van der Waals surface area contributed by atoms with Gasteiger partial charge in [-0.15, -0.1) is 11.3 Å². The van der Waals surface area contributed by atoms with Crippen molar-refractivity contribution >= 4 is 70.2 Å². The monoisotopic (exact) mass is 595 g/mol. The molecule has 2 atom stereocenters. The predicted octanol–water partition coefficient (Wildman–Crippen LogP) is 10.7. The van der Waals surface area contributed by atoms with Gasteiger partial charge in [0.25, 0.3) is 0 Å². The third kappa shape index (κ3) is 2.92. The maximum Gasteiger partial charge on any atom is 0.136 e. The Labute approximate surface area is 264 Å². The summed E-state index contributed by atoms with van der Waals surface area (Å²) in [5.41, 5.74) is 11.9. The summed E-state index contributed by atoms with van der Waals surface area (Å²) < 4.78 is 5.18. The Morgan fingerprint density at radius 3 is 2.36 bits per heavy atom. The maximum atomic E-state index is 3.93.